The summed E-state index contributed by atoms with van der Waals surface area (Å²) in [7, 11) is 0. The number of nitrogens with zero attached hydrogens (tertiary/aromatic N) is 2. The van der Waals surface area contributed by atoms with Crippen LogP contribution in [0.1, 0.15) is 11.1 Å². The number of hydrogen-bond acceptors (Lipinski definition) is 2. The Morgan fingerprint density at radius 2 is 1.90 bits per heavy atom. The first-order chi connectivity index (χ1) is 9.93. The van der Waals surface area contributed by atoms with Gasteiger partial charge in [-0.3, -0.25) is 0 Å². The fourth-order valence-electron chi connectivity index (χ4n) is 2.25. The van der Waals surface area contributed by atoms with Crippen LogP contribution in [0.4, 0.5) is 18.9 Å². The Morgan fingerprint density at radius 1 is 1.10 bits per heavy atom. The molecule has 0 amide bonds. The zero-order valence-electron chi connectivity index (χ0n) is 10.9. The van der Waals surface area contributed by atoms with Crippen LogP contribution in [0.25, 0.3) is 11.0 Å². The van der Waals surface area contributed by atoms with Crippen LogP contribution in [0.2, 0.25) is 0 Å². The van der Waals surface area contributed by atoms with Crippen molar-refractivity contribution in [3.63, 3.8) is 0 Å². The third kappa shape index (κ3) is 2.69. The Kier molecular flexibility index (Phi) is 3.08. The summed E-state index contributed by atoms with van der Waals surface area (Å²) in [6, 6.07) is 10.6. The number of imidazole rings is 1. The van der Waals surface area contributed by atoms with Crippen molar-refractivity contribution < 1.29 is 13.2 Å². The molecule has 0 bridgehead atoms. The van der Waals surface area contributed by atoms with Gasteiger partial charge in [0.1, 0.15) is 0 Å². The second-order valence-corrected chi connectivity index (χ2v) is 4.82. The van der Waals surface area contributed by atoms with E-state index in [1.807, 2.05) is 6.07 Å². The van der Waals surface area contributed by atoms with Crippen molar-refractivity contribution in [2.75, 3.05) is 5.73 Å². The molecule has 0 radical (unpaired) electrons. The minimum atomic E-state index is -4.33. The molecule has 1 aromatic heterocycles. The van der Waals surface area contributed by atoms with Crippen LogP contribution in [0.15, 0.2) is 48.8 Å². The van der Waals surface area contributed by atoms with Gasteiger partial charge in [0.15, 0.2) is 0 Å². The van der Waals surface area contributed by atoms with E-state index in [1.165, 1.54) is 6.07 Å². The van der Waals surface area contributed by atoms with Crippen LogP contribution in [-0.4, -0.2) is 9.55 Å². The third-order valence-electron chi connectivity index (χ3n) is 3.25. The first-order valence-corrected chi connectivity index (χ1v) is 6.30. The Bertz CT molecular complexity index is 790. The largest absolute Gasteiger partial charge is 0.416 e. The van der Waals surface area contributed by atoms with E-state index in [0.717, 1.165) is 23.2 Å². The summed E-state index contributed by atoms with van der Waals surface area (Å²) in [5.74, 6) is 0. The van der Waals surface area contributed by atoms with Gasteiger partial charge >= 0.3 is 6.18 Å². The van der Waals surface area contributed by atoms with Crippen LogP contribution >= 0.6 is 0 Å². The highest BCUT2D eigenvalue weighted by atomic mass is 19.4. The van der Waals surface area contributed by atoms with E-state index in [4.69, 9.17) is 5.73 Å². The SMILES string of the molecule is Nc1ccc2c(c1)ncn2Cc1cccc(C(F)(F)F)c1. The lowest BCUT2D eigenvalue weighted by molar-refractivity contribution is -0.137. The summed E-state index contributed by atoms with van der Waals surface area (Å²) in [5, 5.41) is 0. The van der Waals surface area contributed by atoms with Gasteiger partial charge in [-0.15, -0.1) is 0 Å². The van der Waals surface area contributed by atoms with Gasteiger partial charge in [-0.05, 0) is 35.9 Å². The third-order valence-corrected chi connectivity index (χ3v) is 3.25. The fraction of sp³-hybridized carbons (Fsp3) is 0.133. The molecule has 3 rings (SSSR count). The second-order valence-electron chi connectivity index (χ2n) is 4.82. The zero-order valence-corrected chi connectivity index (χ0v) is 10.9. The lowest BCUT2D eigenvalue weighted by Crippen LogP contribution is -2.06. The van der Waals surface area contributed by atoms with Crippen LogP contribution in [0.3, 0.4) is 0 Å². The summed E-state index contributed by atoms with van der Waals surface area (Å²) in [4.78, 5) is 4.21. The normalized spacial score (nSPS) is 12.0. The minimum absolute atomic E-state index is 0.324. The van der Waals surface area contributed by atoms with E-state index in [0.29, 0.717) is 17.8 Å². The number of rotatable bonds is 2. The van der Waals surface area contributed by atoms with E-state index in [9.17, 15) is 13.2 Å². The summed E-state index contributed by atoms with van der Waals surface area (Å²) < 4.78 is 39.9. The summed E-state index contributed by atoms with van der Waals surface area (Å²) in [5.41, 5.74) is 7.77. The summed E-state index contributed by atoms with van der Waals surface area (Å²) in [6.45, 7) is 0.324. The highest BCUT2D eigenvalue weighted by Gasteiger charge is 2.30. The highest BCUT2D eigenvalue weighted by molar-refractivity contribution is 5.79. The number of nitrogens with two attached hydrogens (primary N) is 1. The van der Waals surface area contributed by atoms with Crippen molar-refractivity contribution in [3.05, 3.63) is 59.9 Å². The molecule has 6 heteroatoms. The molecule has 3 nitrogen and oxygen atoms in total. The van der Waals surface area contributed by atoms with Gasteiger partial charge in [0.05, 0.1) is 22.9 Å². The number of alkyl halides is 3. The lowest BCUT2D eigenvalue weighted by atomic mass is 10.1. The molecular weight excluding hydrogens is 279 g/mol. The molecule has 108 valence electrons. The molecule has 0 aliphatic rings. The number of anilines is 1. The van der Waals surface area contributed by atoms with Crippen molar-refractivity contribution in [2.24, 2.45) is 0 Å². The Hall–Kier alpha value is -2.50. The maximum atomic E-state index is 12.7. The lowest BCUT2D eigenvalue weighted by Gasteiger charge is -2.09. The molecule has 0 saturated heterocycles. The predicted molar refractivity (Wildman–Crippen MR) is 74.7 cm³/mol. The number of halogens is 3. The van der Waals surface area contributed by atoms with Crippen molar-refractivity contribution >= 4 is 16.7 Å². The first-order valence-electron chi connectivity index (χ1n) is 6.30. The number of nitrogen functional groups attached to an aromatic ring is 1. The van der Waals surface area contributed by atoms with Crippen molar-refractivity contribution in [1.82, 2.24) is 9.55 Å². The Balaban J connectivity index is 1.95. The van der Waals surface area contributed by atoms with E-state index in [1.54, 1.807) is 29.1 Å². The average Bonchev–Trinajstić information content (AvgIpc) is 2.80. The first kappa shape index (κ1) is 13.5. The molecular formula is C15H12F3N3. The monoisotopic (exact) mass is 291 g/mol. The molecule has 0 spiro atoms. The molecule has 2 N–H and O–H groups in total. The maximum absolute atomic E-state index is 12.7. The van der Waals surface area contributed by atoms with Crippen LogP contribution in [0, 0.1) is 0 Å². The standard InChI is InChI=1S/C15H12F3N3/c16-15(17,18)11-3-1-2-10(6-11)8-21-9-20-13-7-12(19)4-5-14(13)21/h1-7,9H,8,19H2. The van der Waals surface area contributed by atoms with Gasteiger partial charge in [0.25, 0.3) is 0 Å². The van der Waals surface area contributed by atoms with Gasteiger partial charge < -0.3 is 10.3 Å². The Morgan fingerprint density at radius 3 is 2.67 bits per heavy atom. The van der Waals surface area contributed by atoms with Crippen LogP contribution < -0.4 is 5.73 Å². The van der Waals surface area contributed by atoms with Gasteiger partial charge in [0, 0.05) is 12.2 Å². The number of aromatic nitrogens is 2. The summed E-state index contributed by atoms with van der Waals surface area (Å²) in [6.07, 6.45) is -2.73. The molecule has 2 aromatic carbocycles. The molecule has 3 aromatic rings. The minimum Gasteiger partial charge on any atom is -0.399 e. The quantitative estimate of drug-likeness (QED) is 0.732. The van der Waals surface area contributed by atoms with Crippen LogP contribution in [-0.2, 0) is 12.7 Å². The van der Waals surface area contributed by atoms with Gasteiger partial charge in [-0.1, -0.05) is 12.1 Å². The molecule has 0 atom stereocenters. The topological polar surface area (TPSA) is 43.8 Å². The molecule has 0 unspecified atom stereocenters. The van der Waals surface area contributed by atoms with Crippen LogP contribution in [0.5, 0.6) is 0 Å². The van der Waals surface area contributed by atoms with E-state index < -0.39 is 11.7 Å². The highest BCUT2D eigenvalue weighted by Crippen LogP contribution is 2.29. The van der Waals surface area contributed by atoms with Crippen molar-refractivity contribution in [2.45, 2.75) is 12.7 Å². The summed E-state index contributed by atoms with van der Waals surface area (Å²) >= 11 is 0. The molecule has 0 aliphatic heterocycles. The van der Waals surface area contributed by atoms with Gasteiger partial charge in [-0.25, -0.2) is 4.98 Å². The Labute approximate surface area is 118 Å². The molecule has 0 fully saturated rings. The smallest absolute Gasteiger partial charge is 0.399 e. The molecule has 21 heavy (non-hydrogen) atoms. The molecule has 0 aliphatic carbocycles. The predicted octanol–water partition coefficient (Wildman–Crippen LogP) is 3.69. The van der Waals surface area contributed by atoms with Crippen molar-refractivity contribution in [3.8, 4) is 0 Å². The van der Waals surface area contributed by atoms with E-state index in [2.05, 4.69) is 4.98 Å². The van der Waals surface area contributed by atoms with Crippen molar-refractivity contribution in [1.29, 1.82) is 0 Å². The fourth-order valence-corrected chi connectivity index (χ4v) is 2.25. The van der Waals surface area contributed by atoms with E-state index in [-0.39, 0.29) is 0 Å². The number of benzene rings is 2. The van der Waals surface area contributed by atoms with E-state index >= 15 is 0 Å². The zero-order chi connectivity index (χ0) is 15.0. The van der Waals surface area contributed by atoms with Gasteiger partial charge in [-0.2, -0.15) is 13.2 Å². The maximum Gasteiger partial charge on any atom is 0.416 e. The average molecular weight is 291 g/mol. The number of fused-ring (bicyclic) bond motifs is 1. The number of hydrogen-bond donors (Lipinski definition) is 1. The molecule has 1 heterocycles. The molecule has 0 saturated carbocycles. The second kappa shape index (κ2) is 4.80. The van der Waals surface area contributed by atoms with Gasteiger partial charge in [0.2, 0.25) is 0 Å².